The molecule has 0 unspecified atom stereocenters. The highest BCUT2D eigenvalue weighted by atomic mass is 16.2. The number of aromatic nitrogens is 2. The Morgan fingerprint density at radius 2 is 1.64 bits per heavy atom. The average Bonchev–Trinajstić information content (AvgIpc) is 3.20. The molecule has 3 amide bonds. The van der Waals surface area contributed by atoms with Crippen molar-refractivity contribution in [2.24, 2.45) is 23.7 Å². The van der Waals surface area contributed by atoms with Crippen LogP contribution < -0.4 is 5.32 Å². The van der Waals surface area contributed by atoms with E-state index in [0.29, 0.717) is 42.7 Å². The second-order valence-electron chi connectivity index (χ2n) is 11.8. The lowest BCUT2D eigenvalue weighted by Crippen LogP contribution is -2.56. The number of hydrogen-bond donors (Lipinski definition) is 1. The second kappa shape index (κ2) is 8.31. The van der Waals surface area contributed by atoms with Crippen LogP contribution in [0.5, 0.6) is 0 Å². The van der Waals surface area contributed by atoms with E-state index in [-0.39, 0.29) is 11.9 Å². The summed E-state index contributed by atoms with van der Waals surface area (Å²) in [5.74, 6) is 3.08. The van der Waals surface area contributed by atoms with Crippen molar-refractivity contribution in [3.63, 3.8) is 0 Å². The van der Waals surface area contributed by atoms with E-state index in [4.69, 9.17) is 5.10 Å². The van der Waals surface area contributed by atoms with Crippen molar-refractivity contribution in [1.82, 2.24) is 24.9 Å². The number of carbonyl (C=O) groups excluding carboxylic acids is 2. The molecule has 1 N–H and O–H groups in total. The summed E-state index contributed by atoms with van der Waals surface area (Å²) >= 11 is 0. The van der Waals surface area contributed by atoms with Gasteiger partial charge in [-0.1, -0.05) is 19.3 Å². The lowest BCUT2D eigenvalue weighted by Gasteiger charge is -2.54. The first-order valence-corrected chi connectivity index (χ1v) is 13.3. The summed E-state index contributed by atoms with van der Waals surface area (Å²) in [4.78, 5) is 29.9. The number of rotatable bonds is 3. The maximum atomic E-state index is 13.7. The molecule has 4 bridgehead atoms. The Hall–Kier alpha value is -2.05. The van der Waals surface area contributed by atoms with E-state index in [0.717, 1.165) is 36.7 Å². The van der Waals surface area contributed by atoms with Crippen LogP contribution in [-0.2, 0) is 13.0 Å². The lowest BCUT2D eigenvalue weighted by molar-refractivity contribution is -0.0120. The van der Waals surface area contributed by atoms with Gasteiger partial charge in [-0.2, -0.15) is 5.10 Å². The molecule has 5 saturated carbocycles. The van der Waals surface area contributed by atoms with Crippen LogP contribution in [0.15, 0.2) is 0 Å². The maximum Gasteiger partial charge on any atom is 0.319 e. The molecule has 180 valence electrons. The van der Waals surface area contributed by atoms with Crippen molar-refractivity contribution < 1.29 is 9.59 Å². The van der Waals surface area contributed by atoms with E-state index < -0.39 is 0 Å². The first-order valence-electron chi connectivity index (χ1n) is 13.3. The molecule has 5 aliphatic carbocycles. The largest absolute Gasteiger partial charge is 0.347 e. The first kappa shape index (κ1) is 21.5. The predicted molar refractivity (Wildman–Crippen MR) is 126 cm³/mol. The van der Waals surface area contributed by atoms with E-state index in [2.05, 4.69) is 10.00 Å². The fraction of sp³-hybridized carbons (Fsp3) is 0.808. The van der Waals surface area contributed by atoms with Crippen LogP contribution in [0.4, 0.5) is 4.79 Å². The molecule has 7 heteroatoms. The minimum atomic E-state index is -0.00238. The van der Waals surface area contributed by atoms with Crippen LogP contribution in [0.3, 0.4) is 0 Å². The molecule has 0 aromatic carbocycles. The molecule has 5 fully saturated rings. The van der Waals surface area contributed by atoms with E-state index in [1.165, 1.54) is 57.1 Å². The zero-order valence-electron chi connectivity index (χ0n) is 20.3. The van der Waals surface area contributed by atoms with Crippen LogP contribution in [0.2, 0.25) is 0 Å². The summed E-state index contributed by atoms with van der Waals surface area (Å²) in [6, 6.07) is 0.716. The molecule has 7 rings (SSSR count). The van der Waals surface area contributed by atoms with Crippen molar-refractivity contribution in [2.45, 2.75) is 89.3 Å². The lowest BCUT2D eigenvalue weighted by atomic mass is 9.54. The third-order valence-electron chi connectivity index (χ3n) is 9.40. The number of nitrogens with zero attached hydrogens (tertiary/aromatic N) is 4. The van der Waals surface area contributed by atoms with Gasteiger partial charge in [0.1, 0.15) is 0 Å². The van der Waals surface area contributed by atoms with E-state index in [1.807, 2.05) is 4.90 Å². The average molecular weight is 454 g/mol. The molecule has 1 aromatic heterocycles. The van der Waals surface area contributed by atoms with Crippen molar-refractivity contribution in [3.05, 3.63) is 17.0 Å². The van der Waals surface area contributed by atoms with Gasteiger partial charge in [0.05, 0.1) is 12.6 Å². The molecular formula is C26H39N5O2. The Morgan fingerprint density at radius 1 is 0.970 bits per heavy atom. The molecule has 0 atom stereocenters. The molecule has 1 aromatic rings. The third kappa shape index (κ3) is 3.75. The van der Waals surface area contributed by atoms with Gasteiger partial charge < -0.3 is 15.1 Å². The number of urea groups is 1. The number of nitrogens with one attached hydrogen (secondary N) is 1. The highest BCUT2D eigenvalue weighted by molar-refractivity contribution is 5.94. The standard InChI is InChI=1S/C26H39N5O2/c1-29(2)26(33)30-9-8-22-21(15-30)24(28-31(22)20-6-4-3-5-7-20)25(32)27-23-18-11-16-10-17(13-18)14-19(23)12-16/h16-20,23H,3-15H2,1-2H3,(H,27,32). The fourth-order valence-electron chi connectivity index (χ4n) is 8.08. The quantitative estimate of drug-likeness (QED) is 0.753. The van der Waals surface area contributed by atoms with E-state index in [1.54, 1.807) is 19.0 Å². The van der Waals surface area contributed by atoms with Crippen molar-refractivity contribution in [3.8, 4) is 0 Å². The van der Waals surface area contributed by atoms with Gasteiger partial charge in [0, 0.05) is 44.4 Å². The predicted octanol–water partition coefficient (Wildman–Crippen LogP) is 3.98. The minimum absolute atomic E-state index is 0.00238. The van der Waals surface area contributed by atoms with Gasteiger partial charge in [-0.15, -0.1) is 0 Å². The molecule has 0 saturated heterocycles. The van der Waals surface area contributed by atoms with Crippen molar-refractivity contribution in [2.75, 3.05) is 20.6 Å². The SMILES string of the molecule is CN(C)C(=O)N1CCc2c(c(C(=O)NC3C4CC5CC(C4)CC3C5)nn2C2CCCCC2)C1. The molecule has 33 heavy (non-hydrogen) atoms. The Labute approximate surface area is 197 Å². The van der Waals surface area contributed by atoms with Gasteiger partial charge in [0.25, 0.3) is 5.91 Å². The summed E-state index contributed by atoms with van der Waals surface area (Å²) in [5.41, 5.74) is 2.77. The molecule has 2 heterocycles. The zero-order chi connectivity index (χ0) is 22.7. The zero-order valence-corrected chi connectivity index (χ0v) is 20.3. The summed E-state index contributed by atoms with van der Waals surface area (Å²) < 4.78 is 2.19. The van der Waals surface area contributed by atoms with Gasteiger partial charge in [0.2, 0.25) is 0 Å². The van der Waals surface area contributed by atoms with Gasteiger partial charge >= 0.3 is 6.03 Å². The topological polar surface area (TPSA) is 70.5 Å². The maximum absolute atomic E-state index is 13.7. The van der Waals surface area contributed by atoms with Crippen LogP contribution in [0, 0.1) is 23.7 Å². The Bertz CT molecular complexity index is 903. The second-order valence-corrected chi connectivity index (χ2v) is 11.8. The number of amides is 3. The van der Waals surface area contributed by atoms with Crippen LogP contribution in [0.25, 0.3) is 0 Å². The highest BCUT2D eigenvalue weighted by Gasteiger charge is 2.49. The monoisotopic (exact) mass is 453 g/mol. The number of hydrogen-bond acceptors (Lipinski definition) is 3. The minimum Gasteiger partial charge on any atom is -0.347 e. The van der Waals surface area contributed by atoms with Gasteiger partial charge in [-0.05, 0) is 68.6 Å². The third-order valence-corrected chi connectivity index (χ3v) is 9.40. The van der Waals surface area contributed by atoms with Crippen molar-refractivity contribution >= 4 is 11.9 Å². The summed E-state index contributed by atoms with van der Waals surface area (Å²) in [6.07, 6.45) is 13.4. The first-order chi connectivity index (χ1) is 16.0. The van der Waals surface area contributed by atoms with E-state index >= 15 is 0 Å². The Kier molecular flexibility index (Phi) is 5.41. The Morgan fingerprint density at radius 3 is 2.27 bits per heavy atom. The van der Waals surface area contributed by atoms with E-state index in [9.17, 15) is 9.59 Å². The van der Waals surface area contributed by atoms with Crippen molar-refractivity contribution in [1.29, 1.82) is 0 Å². The fourth-order valence-corrected chi connectivity index (χ4v) is 8.08. The molecule has 6 aliphatic rings. The summed E-state index contributed by atoms with van der Waals surface area (Å²) in [5, 5.41) is 8.47. The molecule has 0 radical (unpaired) electrons. The smallest absolute Gasteiger partial charge is 0.319 e. The van der Waals surface area contributed by atoms with Gasteiger partial charge in [-0.25, -0.2) is 4.79 Å². The molecule has 0 spiro atoms. The number of fused-ring (bicyclic) bond motifs is 1. The molecule has 1 aliphatic heterocycles. The molecular weight excluding hydrogens is 414 g/mol. The summed E-state index contributed by atoms with van der Waals surface area (Å²) in [7, 11) is 3.59. The van der Waals surface area contributed by atoms with Crippen LogP contribution >= 0.6 is 0 Å². The van der Waals surface area contributed by atoms with Gasteiger partial charge in [-0.3, -0.25) is 9.48 Å². The molecule has 7 nitrogen and oxygen atoms in total. The summed E-state index contributed by atoms with van der Waals surface area (Å²) in [6.45, 7) is 1.18. The van der Waals surface area contributed by atoms with Crippen LogP contribution in [-0.4, -0.2) is 58.2 Å². The number of carbonyl (C=O) groups is 2. The van der Waals surface area contributed by atoms with Gasteiger partial charge in [0.15, 0.2) is 5.69 Å². The Balaban J connectivity index is 1.28. The normalized spacial score (nSPS) is 33.2. The van der Waals surface area contributed by atoms with Crippen LogP contribution in [0.1, 0.15) is 92.0 Å². The highest BCUT2D eigenvalue weighted by Crippen LogP contribution is 2.53.